The molecule has 13 heavy (non-hydrogen) atoms. The molecule has 0 aromatic heterocycles. The van der Waals surface area contributed by atoms with Crippen molar-refractivity contribution in [1.82, 2.24) is 0 Å². The Morgan fingerprint density at radius 2 is 1.77 bits per heavy atom. The third-order valence-corrected chi connectivity index (χ3v) is 1.74. The fourth-order valence-corrected chi connectivity index (χ4v) is 1.07. The number of aliphatic hydroxyl groups excluding tert-OH is 1. The third kappa shape index (κ3) is 4.16. The SMILES string of the molecule is OC=CCC=CCc1ccccc1. The molecule has 0 amide bonds. The molecule has 0 radical (unpaired) electrons. The lowest BCUT2D eigenvalue weighted by atomic mass is 10.1. The lowest BCUT2D eigenvalue weighted by Gasteiger charge is -1.93. The summed E-state index contributed by atoms with van der Waals surface area (Å²) in [5.74, 6) is 0. The summed E-state index contributed by atoms with van der Waals surface area (Å²) in [6.45, 7) is 0. The molecular formula is C12H14O. The monoisotopic (exact) mass is 174 g/mol. The van der Waals surface area contributed by atoms with E-state index in [1.165, 1.54) is 5.56 Å². The van der Waals surface area contributed by atoms with Gasteiger partial charge in [0.05, 0.1) is 6.26 Å². The molecule has 0 atom stereocenters. The lowest BCUT2D eigenvalue weighted by molar-refractivity contribution is 0.471. The topological polar surface area (TPSA) is 20.2 Å². The van der Waals surface area contributed by atoms with Crippen LogP contribution in [-0.2, 0) is 6.42 Å². The molecule has 0 spiro atoms. The fraction of sp³-hybridized carbons (Fsp3) is 0.167. The molecule has 68 valence electrons. The van der Waals surface area contributed by atoms with Crippen LogP contribution in [-0.4, -0.2) is 5.11 Å². The third-order valence-electron chi connectivity index (χ3n) is 1.74. The van der Waals surface area contributed by atoms with Crippen molar-refractivity contribution in [1.29, 1.82) is 0 Å². The molecule has 0 aliphatic carbocycles. The Hall–Kier alpha value is -1.50. The second-order valence-electron chi connectivity index (χ2n) is 2.78. The molecule has 1 rings (SSSR count). The predicted octanol–water partition coefficient (Wildman–Crippen LogP) is 3.25. The minimum Gasteiger partial charge on any atom is -0.516 e. The highest BCUT2D eigenvalue weighted by Crippen LogP contribution is 2.00. The molecule has 1 aromatic rings. The number of benzene rings is 1. The molecule has 0 fully saturated rings. The molecular weight excluding hydrogens is 160 g/mol. The van der Waals surface area contributed by atoms with Crippen LogP contribution in [0.2, 0.25) is 0 Å². The Morgan fingerprint density at radius 3 is 2.46 bits per heavy atom. The zero-order valence-corrected chi connectivity index (χ0v) is 7.56. The smallest absolute Gasteiger partial charge is 0.0754 e. The second kappa shape index (κ2) is 6.06. The van der Waals surface area contributed by atoms with Gasteiger partial charge < -0.3 is 5.11 Å². The first-order valence-electron chi connectivity index (χ1n) is 4.41. The van der Waals surface area contributed by atoms with E-state index in [1.54, 1.807) is 6.08 Å². The van der Waals surface area contributed by atoms with Crippen molar-refractivity contribution >= 4 is 0 Å². The van der Waals surface area contributed by atoms with Gasteiger partial charge in [-0.3, -0.25) is 0 Å². The maximum absolute atomic E-state index is 8.37. The molecule has 1 heteroatoms. The molecule has 1 N–H and O–H groups in total. The molecule has 0 aliphatic heterocycles. The van der Waals surface area contributed by atoms with E-state index in [-0.39, 0.29) is 0 Å². The first kappa shape index (κ1) is 9.59. The van der Waals surface area contributed by atoms with Crippen LogP contribution in [0.5, 0.6) is 0 Å². The summed E-state index contributed by atoms with van der Waals surface area (Å²) < 4.78 is 0. The summed E-state index contributed by atoms with van der Waals surface area (Å²) in [7, 11) is 0. The molecule has 0 saturated carbocycles. The Balaban J connectivity index is 2.31. The first-order valence-corrected chi connectivity index (χ1v) is 4.41. The Bertz CT molecular complexity index is 272. The van der Waals surface area contributed by atoms with Crippen molar-refractivity contribution < 1.29 is 5.11 Å². The maximum Gasteiger partial charge on any atom is 0.0754 e. The van der Waals surface area contributed by atoms with Crippen LogP contribution in [0.3, 0.4) is 0 Å². The van der Waals surface area contributed by atoms with E-state index in [0.29, 0.717) is 0 Å². The number of allylic oxidation sites excluding steroid dienone is 3. The second-order valence-corrected chi connectivity index (χ2v) is 2.78. The van der Waals surface area contributed by atoms with Gasteiger partial charge in [-0.1, -0.05) is 42.5 Å². The normalized spacial score (nSPS) is 11.4. The quantitative estimate of drug-likeness (QED) is 0.548. The van der Waals surface area contributed by atoms with E-state index in [4.69, 9.17) is 5.11 Å². The summed E-state index contributed by atoms with van der Waals surface area (Å²) in [5.41, 5.74) is 1.31. The summed E-state index contributed by atoms with van der Waals surface area (Å²) in [4.78, 5) is 0. The largest absolute Gasteiger partial charge is 0.516 e. The standard InChI is InChI=1S/C12H14O/c13-11-7-2-1-4-8-12-9-5-3-6-10-12/h1,3-7,9-11,13H,2,8H2. The summed E-state index contributed by atoms with van der Waals surface area (Å²) >= 11 is 0. The molecule has 0 saturated heterocycles. The van der Waals surface area contributed by atoms with Crippen molar-refractivity contribution in [3.05, 3.63) is 60.4 Å². The Kier molecular flexibility index (Phi) is 4.47. The van der Waals surface area contributed by atoms with Gasteiger partial charge in [0, 0.05) is 0 Å². The van der Waals surface area contributed by atoms with Gasteiger partial charge in [-0.2, -0.15) is 0 Å². The molecule has 0 heterocycles. The molecule has 0 bridgehead atoms. The minimum absolute atomic E-state index is 0.795. The molecule has 0 unspecified atom stereocenters. The summed E-state index contributed by atoms with van der Waals surface area (Å²) in [5, 5.41) is 8.37. The number of aliphatic hydroxyl groups is 1. The Morgan fingerprint density at radius 1 is 1.00 bits per heavy atom. The van der Waals surface area contributed by atoms with Crippen molar-refractivity contribution in [3.63, 3.8) is 0 Å². The van der Waals surface area contributed by atoms with E-state index in [9.17, 15) is 0 Å². The van der Waals surface area contributed by atoms with Crippen LogP contribution in [0.25, 0.3) is 0 Å². The highest BCUT2D eigenvalue weighted by molar-refractivity contribution is 5.17. The number of hydrogen-bond acceptors (Lipinski definition) is 1. The Labute approximate surface area is 79.0 Å². The average Bonchev–Trinajstić information content (AvgIpc) is 2.19. The van der Waals surface area contributed by atoms with Crippen LogP contribution < -0.4 is 0 Å². The lowest BCUT2D eigenvalue weighted by Crippen LogP contribution is -1.77. The van der Waals surface area contributed by atoms with Crippen molar-refractivity contribution in [3.8, 4) is 0 Å². The molecule has 1 aromatic carbocycles. The molecule has 1 nitrogen and oxygen atoms in total. The van der Waals surface area contributed by atoms with Gasteiger partial charge in [0.2, 0.25) is 0 Å². The van der Waals surface area contributed by atoms with Gasteiger partial charge in [-0.05, 0) is 24.5 Å². The van der Waals surface area contributed by atoms with Crippen molar-refractivity contribution in [2.45, 2.75) is 12.8 Å². The van der Waals surface area contributed by atoms with Crippen LogP contribution >= 0.6 is 0 Å². The van der Waals surface area contributed by atoms with Crippen LogP contribution in [0.4, 0.5) is 0 Å². The zero-order valence-electron chi connectivity index (χ0n) is 7.56. The van der Waals surface area contributed by atoms with Crippen molar-refractivity contribution in [2.75, 3.05) is 0 Å². The summed E-state index contributed by atoms with van der Waals surface area (Å²) in [6.07, 6.45) is 8.69. The molecule has 0 aliphatic rings. The first-order chi connectivity index (χ1) is 6.43. The highest BCUT2D eigenvalue weighted by atomic mass is 16.2. The van der Waals surface area contributed by atoms with E-state index in [1.807, 2.05) is 24.3 Å². The fourth-order valence-electron chi connectivity index (χ4n) is 1.07. The van der Waals surface area contributed by atoms with E-state index in [0.717, 1.165) is 19.1 Å². The highest BCUT2D eigenvalue weighted by Gasteiger charge is 1.84. The number of rotatable bonds is 4. The van der Waals surface area contributed by atoms with Crippen LogP contribution in [0, 0.1) is 0 Å². The van der Waals surface area contributed by atoms with E-state index in [2.05, 4.69) is 18.2 Å². The minimum atomic E-state index is 0.795. The predicted molar refractivity (Wildman–Crippen MR) is 55.7 cm³/mol. The van der Waals surface area contributed by atoms with Crippen LogP contribution in [0.15, 0.2) is 54.8 Å². The van der Waals surface area contributed by atoms with Gasteiger partial charge in [0.1, 0.15) is 0 Å². The van der Waals surface area contributed by atoms with Gasteiger partial charge >= 0.3 is 0 Å². The van der Waals surface area contributed by atoms with Gasteiger partial charge in [-0.25, -0.2) is 0 Å². The summed E-state index contributed by atoms with van der Waals surface area (Å²) in [6, 6.07) is 10.3. The maximum atomic E-state index is 8.37. The number of hydrogen-bond donors (Lipinski definition) is 1. The zero-order chi connectivity index (χ0) is 9.36. The van der Waals surface area contributed by atoms with Gasteiger partial charge in [-0.15, -0.1) is 0 Å². The van der Waals surface area contributed by atoms with Gasteiger partial charge in [0.25, 0.3) is 0 Å². The average molecular weight is 174 g/mol. The van der Waals surface area contributed by atoms with Crippen molar-refractivity contribution in [2.24, 2.45) is 0 Å². The van der Waals surface area contributed by atoms with E-state index < -0.39 is 0 Å². The van der Waals surface area contributed by atoms with Gasteiger partial charge in [0.15, 0.2) is 0 Å². The van der Waals surface area contributed by atoms with Crippen LogP contribution in [0.1, 0.15) is 12.0 Å². The van der Waals surface area contributed by atoms with E-state index >= 15 is 0 Å².